The normalized spacial score (nSPS) is 21.5. The number of carbonyl (C=O) groups is 2. The van der Waals surface area contributed by atoms with Gasteiger partial charge in [0.25, 0.3) is 0 Å². The lowest BCUT2D eigenvalue weighted by molar-refractivity contribution is -0.890. The van der Waals surface area contributed by atoms with E-state index in [4.69, 9.17) is 5.73 Å². The number of piperidine rings is 1. The van der Waals surface area contributed by atoms with Crippen molar-refractivity contribution in [2.24, 2.45) is 17.6 Å². The summed E-state index contributed by atoms with van der Waals surface area (Å²) in [4.78, 5) is 27.3. The van der Waals surface area contributed by atoms with Crippen LogP contribution in [0.3, 0.4) is 0 Å². The lowest BCUT2D eigenvalue weighted by Gasteiger charge is -2.50. The van der Waals surface area contributed by atoms with E-state index in [0.717, 1.165) is 37.3 Å². The van der Waals surface area contributed by atoms with Crippen molar-refractivity contribution in [3.05, 3.63) is 106 Å². The summed E-state index contributed by atoms with van der Waals surface area (Å²) in [6, 6.07) is 17.3. The van der Waals surface area contributed by atoms with Crippen LogP contribution in [0.25, 0.3) is 0 Å². The molecule has 0 radical (unpaired) electrons. The Kier molecular flexibility index (Phi) is 11.4. The molecule has 3 aromatic carbocycles. The average molecular weight is 607 g/mol. The molecule has 2 amide bonds. The first-order chi connectivity index (χ1) is 21.1. The van der Waals surface area contributed by atoms with Crippen molar-refractivity contribution in [3.8, 4) is 0 Å². The fourth-order valence-electron chi connectivity index (χ4n) is 7.21. The second kappa shape index (κ2) is 15.0. The maximum atomic E-state index is 14.9. The van der Waals surface area contributed by atoms with Crippen LogP contribution in [-0.4, -0.2) is 53.2 Å². The fourth-order valence-corrected chi connectivity index (χ4v) is 7.21. The van der Waals surface area contributed by atoms with Crippen LogP contribution >= 0.6 is 0 Å². The van der Waals surface area contributed by atoms with Gasteiger partial charge in [0.05, 0.1) is 24.2 Å². The Morgan fingerprint density at radius 1 is 0.955 bits per heavy atom. The third kappa shape index (κ3) is 7.97. The van der Waals surface area contributed by atoms with Gasteiger partial charge in [-0.05, 0) is 60.2 Å². The number of quaternary nitrogens is 1. The minimum atomic E-state index is -1.05. The van der Waals surface area contributed by atoms with Crippen molar-refractivity contribution in [1.82, 2.24) is 5.32 Å². The third-order valence-corrected chi connectivity index (χ3v) is 9.01. The summed E-state index contributed by atoms with van der Waals surface area (Å²) in [7, 11) is 0. The first-order valence-corrected chi connectivity index (χ1v) is 15.8. The summed E-state index contributed by atoms with van der Waals surface area (Å²) in [5.74, 6) is -2.11. The van der Waals surface area contributed by atoms with E-state index < -0.39 is 29.7 Å². The van der Waals surface area contributed by atoms with E-state index in [1.54, 1.807) is 24.3 Å². The van der Waals surface area contributed by atoms with Crippen LogP contribution in [-0.2, 0) is 19.4 Å². The smallest absolute Gasteiger partial charge is 0.347 e. The van der Waals surface area contributed by atoms with Crippen molar-refractivity contribution >= 4 is 11.8 Å². The number of aryl methyl sites for hydroxylation is 1. The van der Waals surface area contributed by atoms with Gasteiger partial charge in [-0.15, -0.1) is 0 Å². The molecular formula is C36H46F2N3O3+. The van der Waals surface area contributed by atoms with Crippen molar-refractivity contribution in [2.75, 3.05) is 19.6 Å². The van der Waals surface area contributed by atoms with Gasteiger partial charge in [0.1, 0.15) is 23.8 Å². The summed E-state index contributed by atoms with van der Waals surface area (Å²) in [5.41, 5.74) is 8.70. The van der Waals surface area contributed by atoms with Gasteiger partial charge in [0.2, 0.25) is 5.91 Å². The SMILES string of the molecule is CCCC1CC(C)C[N+](C(=O)c2ccccc2C(N)=O)(C(Cc2cc(F)cc(F)c2)C(O)CNCc2cccc(CC)c2)C1. The molecular weight excluding hydrogens is 560 g/mol. The Hall–Kier alpha value is -3.46. The zero-order valence-electron chi connectivity index (χ0n) is 26.1. The summed E-state index contributed by atoms with van der Waals surface area (Å²) < 4.78 is 28.7. The molecule has 0 aliphatic carbocycles. The van der Waals surface area contributed by atoms with E-state index in [-0.39, 0.29) is 46.3 Å². The Bertz CT molecular complexity index is 1430. The maximum absolute atomic E-state index is 14.9. The Morgan fingerprint density at radius 2 is 1.64 bits per heavy atom. The largest absolute Gasteiger partial charge is 0.386 e. The minimum absolute atomic E-state index is 0.0683. The number of nitrogens with two attached hydrogens (primary N) is 1. The molecule has 6 nitrogen and oxygen atoms in total. The maximum Gasteiger partial charge on any atom is 0.347 e. The highest BCUT2D eigenvalue weighted by atomic mass is 19.1. The molecule has 0 bridgehead atoms. The highest BCUT2D eigenvalue weighted by molar-refractivity contribution is 6.04. The van der Waals surface area contributed by atoms with Gasteiger partial charge in [0.15, 0.2) is 0 Å². The summed E-state index contributed by atoms with van der Waals surface area (Å²) >= 11 is 0. The average Bonchev–Trinajstić information content (AvgIpc) is 2.98. The van der Waals surface area contributed by atoms with E-state index in [2.05, 4.69) is 38.2 Å². The van der Waals surface area contributed by atoms with Crippen molar-refractivity contribution < 1.29 is 28.0 Å². The quantitative estimate of drug-likeness (QED) is 0.215. The molecule has 8 heteroatoms. The topological polar surface area (TPSA) is 92.4 Å². The lowest BCUT2D eigenvalue weighted by atomic mass is 9.81. The predicted molar refractivity (Wildman–Crippen MR) is 169 cm³/mol. The highest BCUT2D eigenvalue weighted by Gasteiger charge is 2.52. The molecule has 4 rings (SSSR count). The molecule has 1 fully saturated rings. The van der Waals surface area contributed by atoms with Gasteiger partial charge in [0, 0.05) is 37.4 Å². The Balaban J connectivity index is 1.78. The molecule has 0 saturated carbocycles. The zero-order chi connectivity index (χ0) is 31.9. The number of carbonyl (C=O) groups excluding carboxylic acids is 2. The van der Waals surface area contributed by atoms with E-state index in [0.29, 0.717) is 25.2 Å². The van der Waals surface area contributed by atoms with E-state index in [1.807, 2.05) is 12.1 Å². The van der Waals surface area contributed by atoms with Gasteiger partial charge in [-0.1, -0.05) is 63.6 Å². The second-order valence-corrected chi connectivity index (χ2v) is 12.5. The Morgan fingerprint density at radius 3 is 2.30 bits per heavy atom. The van der Waals surface area contributed by atoms with Crippen LogP contribution in [0.5, 0.6) is 0 Å². The molecule has 1 aliphatic heterocycles. The summed E-state index contributed by atoms with van der Waals surface area (Å²) in [5, 5.41) is 15.3. The van der Waals surface area contributed by atoms with Crippen molar-refractivity contribution in [2.45, 2.75) is 71.6 Å². The van der Waals surface area contributed by atoms with E-state index in [9.17, 15) is 23.5 Å². The van der Waals surface area contributed by atoms with Crippen LogP contribution in [0, 0.1) is 23.5 Å². The molecule has 1 heterocycles. The standard InChI is InChI=1S/C36H45F2N3O3/c1-4-9-27-14-24(3)22-41(23-27,36(44)32-13-7-6-12-31(32)35(39)43)33(18-28-16-29(37)19-30(38)17-28)34(42)21-40-20-26-11-8-10-25(5-2)15-26/h6-8,10-13,15-17,19,24,27,33-34,40,42H,4-5,9,14,18,20-23H2,1-3H3,(H-,39,43)/p+1. The minimum Gasteiger partial charge on any atom is -0.386 e. The number of likely N-dealkylation sites (tertiary alicyclic amines) is 1. The Labute approximate surface area is 259 Å². The van der Waals surface area contributed by atoms with Gasteiger partial charge < -0.3 is 16.2 Å². The molecule has 0 spiro atoms. The molecule has 0 aromatic heterocycles. The summed E-state index contributed by atoms with van der Waals surface area (Å²) in [6.45, 7) is 7.85. The number of rotatable bonds is 13. The predicted octanol–water partition coefficient (Wildman–Crippen LogP) is 5.80. The molecule has 3 aromatic rings. The summed E-state index contributed by atoms with van der Waals surface area (Å²) in [6.07, 6.45) is 2.70. The van der Waals surface area contributed by atoms with Crippen LogP contribution in [0.4, 0.5) is 8.78 Å². The van der Waals surface area contributed by atoms with E-state index in [1.165, 1.54) is 17.7 Å². The van der Waals surface area contributed by atoms with E-state index >= 15 is 0 Å². The van der Waals surface area contributed by atoms with Crippen molar-refractivity contribution in [1.29, 1.82) is 0 Å². The number of benzene rings is 3. The highest BCUT2D eigenvalue weighted by Crippen LogP contribution is 2.37. The third-order valence-electron chi connectivity index (χ3n) is 9.01. The molecule has 1 aliphatic rings. The van der Waals surface area contributed by atoms with Gasteiger partial charge in [-0.3, -0.25) is 9.28 Å². The molecule has 44 heavy (non-hydrogen) atoms. The second-order valence-electron chi connectivity index (χ2n) is 12.5. The number of hydrogen-bond acceptors (Lipinski definition) is 4. The first kappa shape index (κ1) is 33.4. The molecule has 5 atom stereocenters. The van der Waals surface area contributed by atoms with Crippen LogP contribution in [0.2, 0.25) is 0 Å². The monoisotopic (exact) mass is 606 g/mol. The molecule has 5 unspecified atom stereocenters. The van der Waals surface area contributed by atoms with Crippen LogP contribution in [0.15, 0.2) is 66.7 Å². The zero-order valence-corrected chi connectivity index (χ0v) is 26.1. The number of aliphatic hydroxyl groups is 1. The number of hydrogen-bond donors (Lipinski definition) is 3. The molecule has 1 saturated heterocycles. The van der Waals surface area contributed by atoms with Crippen molar-refractivity contribution in [3.63, 3.8) is 0 Å². The number of nitrogens with zero attached hydrogens (tertiary/aromatic N) is 1. The molecule has 4 N–H and O–H groups in total. The first-order valence-electron chi connectivity index (χ1n) is 15.8. The number of primary amides is 1. The van der Waals surface area contributed by atoms with Gasteiger partial charge in [-0.25, -0.2) is 13.6 Å². The van der Waals surface area contributed by atoms with Crippen LogP contribution < -0.4 is 11.1 Å². The number of nitrogens with one attached hydrogen (secondary N) is 1. The number of aliphatic hydroxyl groups excluding tert-OH is 1. The lowest BCUT2D eigenvalue weighted by Crippen LogP contribution is -2.69. The van der Waals surface area contributed by atoms with Gasteiger partial charge in [-0.2, -0.15) is 0 Å². The fraction of sp³-hybridized carbons (Fsp3) is 0.444. The molecule has 236 valence electrons. The number of halogens is 2. The van der Waals surface area contributed by atoms with Gasteiger partial charge >= 0.3 is 5.91 Å². The van der Waals surface area contributed by atoms with Crippen LogP contribution in [0.1, 0.15) is 77.4 Å². The number of amides is 2.